The maximum absolute atomic E-state index is 5.56. The zero-order valence-corrected chi connectivity index (χ0v) is 12.7. The number of benzene rings is 1. The minimum Gasteiger partial charge on any atom is -0.493 e. The van der Waals surface area contributed by atoms with Crippen molar-refractivity contribution in [3.63, 3.8) is 0 Å². The number of likely N-dealkylation sites (tertiary alicyclic amines) is 1. The summed E-state index contributed by atoms with van der Waals surface area (Å²) in [6.45, 7) is 9.14. The zero-order chi connectivity index (χ0) is 13.9. The number of anilines is 1. The van der Waals surface area contributed by atoms with Crippen molar-refractivity contribution in [1.82, 2.24) is 4.90 Å². The van der Waals surface area contributed by atoms with Crippen LogP contribution in [0, 0.1) is 5.92 Å². The molecule has 1 aromatic rings. The van der Waals surface area contributed by atoms with E-state index in [1.165, 1.54) is 43.7 Å². The standard InChI is InChI=1S/C17H26N2O/c1-13(2)12-19-8-5-15(6-9-19)18-16-3-4-17-14(11-16)7-10-20-17/h3-4,11,13,15,18H,5-10,12H2,1-2H3. The average Bonchev–Trinajstić information content (AvgIpc) is 2.88. The molecule has 3 nitrogen and oxygen atoms in total. The van der Waals surface area contributed by atoms with Gasteiger partial charge in [-0.3, -0.25) is 0 Å². The fourth-order valence-corrected chi connectivity index (χ4v) is 3.29. The van der Waals surface area contributed by atoms with Gasteiger partial charge in [-0.2, -0.15) is 0 Å². The number of hydrogen-bond acceptors (Lipinski definition) is 3. The van der Waals surface area contributed by atoms with Crippen LogP contribution in [-0.2, 0) is 6.42 Å². The van der Waals surface area contributed by atoms with Crippen LogP contribution >= 0.6 is 0 Å². The lowest BCUT2D eigenvalue weighted by Crippen LogP contribution is -2.40. The Morgan fingerprint density at radius 1 is 1.30 bits per heavy atom. The van der Waals surface area contributed by atoms with Gasteiger partial charge >= 0.3 is 0 Å². The first kappa shape index (κ1) is 13.7. The Morgan fingerprint density at radius 3 is 2.85 bits per heavy atom. The van der Waals surface area contributed by atoms with Crippen molar-refractivity contribution in [3.8, 4) is 5.75 Å². The van der Waals surface area contributed by atoms with Crippen LogP contribution in [0.5, 0.6) is 5.75 Å². The number of hydrogen-bond donors (Lipinski definition) is 1. The molecule has 0 saturated carbocycles. The lowest BCUT2D eigenvalue weighted by atomic mass is 10.0. The predicted molar refractivity (Wildman–Crippen MR) is 83.6 cm³/mol. The van der Waals surface area contributed by atoms with Gasteiger partial charge in [0.1, 0.15) is 5.75 Å². The van der Waals surface area contributed by atoms with Gasteiger partial charge in [-0.15, -0.1) is 0 Å². The molecule has 1 N–H and O–H groups in total. The Bertz CT molecular complexity index is 450. The summed E-state index contributed by atoms with van der Waals surface area (Å²) in [6, 6.07) is 7.16. The van der Waals surface area contributed by atoms with Crippen LogP contribution in [-0.4, -0.2) is 37.2 Å². The highest BCUT2D eigenvalue weighted by Crippen LogP contribution is 2.28. The molecule has 1 saturated heterocycles. The van der Waals surface area contributed by atoms with Crippen LogP contribution in [0.2, 0.25) is 0 Å². The highest BCUT2D eigenvalue weighted by Gasteiger charge is 2.20. The molecule has 20 heavy (non-hydrogen) atoms. The Morgan fingerprint density at radius 2 is 2.10 bits per heavy atom. The minimum absolute atomic E-state index is 0.624. The van der Waals surface area contributed by atoms with Gasteiger partial charge in [0.15, 0.2) is 0 Å². The highest BCUT2D eigenvalue weighted by atomic mass is 16.5. The third-order valence-corrected chi connectivity index (χ3v) is 4.27. The fourth-order valence-electron chi connectivity index (χ4n) is 3.29. The van der Waals surface area contributed by atoms with Crippen LogP contribution in [0.4, 0.5) is 5.69 Å². The maximum atomic E-state index is 5.56. The van der Waals surface area contributed by atoms with E-state index in [4.69, 9.17) is 4.74 Å². The van der Waals surface area contributed by atoms with Crippen LogP contribution < -0.4 is 10.1 Å². The molecule has 2 aliphatic rings. The molecule has 0 amide bonds. The van der Waals surface area contributed by atoms with Crippen LogP contribution in [0.3, 0.4) is 0 Å². The molecular weight excluding hydrogens is 248 g/mol. The number of rotatable bonds is 4. The molecular formula is C17H26N2O. The van der Waals surface area contributed by atoms with Gasteiger partial charge < -0.3 is 15.0 Å². The van der Waals surface area contributed by atoms with Crippen molar-refractivity contribution in [2.24, 2.45) is 5.92 Å². The lowest BCUT2D eigenvalue weighted by Gasteiger charge is -2.33. The number of ether oxygens (including phenoxy) is 1. The zero-order valence-electron chi connectivity index (χ0n) is 12.7. The first-order valence-corrected chi connectivity index (χ1v) is 7.95. The van der Waals surface area contributed by atoms with Crippen LogP contribution in [0.1, 0.15) is 32.3 Å². The van der Waals surface area contributed by atoms with Gasteiger partial charge in [-0.05, 0) is 42.5 Å². The molecule has 0 unspecified atom stereocenters. The van der Waals surface area contributed by atoms with Gasteiger partial charge in [0.25, 0.3) is 0 Å². The van der Waals surface area contributed by atoms with E-state index in [9.17, 15) is 0 Å². The minimum atomic E-state index is 0.624. The van der Waals surface area contributed by atoms with Crippen molar-refractivity contribution in [2.45, 2.75) is 39.2 Å². The molecule has 0 aromatic heterocycles. The molecule has 0 spiro atoms. The van der Waals surface area contributed by atoms with Gasteiger partial charge in [-0.25, -0.2) is 0 Å². The summed E-state index contributed by atoms with van der Waals surface area (Å²) >= 11 is 0. The molecule has 0 radical (unpaired) electrons. The maximum Gasteiger partial charge on any atom is 0.122 e. The molecule has 0 atom stereocenters. The second-order valence-electron chi connectivity index (χ2n) is 6.53. The highest BCUT2D eigenvalue weighted by molar-refractivity contribution is 5.53. The molecule has 2 heterocycles. The smallest absolute Gasteiger partial charge is 0.122 e. The largest absolute Gasteiger partial charge is 0.493 e. The summed E-state index contributed by atoms with van der Waals surface area (Å²) in [5, 5.41) is 3.70. The first-order valence-electron chi connectivity index (χ1n) is 7.95. The Hall–Kier alpha value is -1.22. The van der Waals surface area contributed by atoms with E-state index in [-0.39, 0.29) is 0 Å². The monoisotopic (exact) mass is 274 g/mol. The Balaban J connectivity index is 1.52. The molecule has 2 aliphatic heterocycles. The van der Waals surface area contributed by atoms with Crippen molar-refractivity contribution in [3.05, 3.63) is 23.8 Å². The topological polar surface area (TPSA) is 24.5 Å². The van der Waals surface area contributed by atoms with E-state index in [1.807, 2.05) is 0 Å². The van der Waals surface area contributed by atoms with Gasteiger partial charge in [0.05, 0.1) is 6.61 Å². The summed E-state index contributed by atoms with van der Waals surface area (Å²) in [4.78, 5) is 2.60. The number of nitrogens with zero attached hydrogens (tertiary/aromatic N) is 1. The third-order valence-electron chi connectivity index (χ3n) is 4.27. The van der Waals surface area contributed by atoms with E-state index in [1.54, 1.807) is 0 Å². The van der Waals surface area contributed by atoms with Gasteiger partial charge in [0, 0.05) is 37.8 Å². The molecule has 110 valence electrons. The van der Waals surface area contributed by atoms with Gasteiger partial charge in [0.2, 0.25) is 0 Å². The molecule has 0 aliphatic carbocycles. The summed E-state index contributed by atoms with van der Waals surface area (Å²) in [6.07, 6.45) is 3.55. The number of piperidine rings is 1. The van der Waals surface area contributed by atoms with Gasteiger partial charge in [-0.1, -0.05) is 13.8 Å². The molecule has 1 fully saturated rings. The quantitative estimate of drug-likeness (QED) is 0.913. The fraction of sp³-hybridized carbons (Fsp3) is 0.647. The third kappa shape index (κ3) is 3.26. The number of fused-ring (bicyclic) bond motifs is 1. The Kier molecular flexibility index (Phi) is 4.16. The van der Waals surface area contributed by atoms with E-state index in [0.717, 1.165) is 24.7 Å². The average molecular weight is 274 g/mol. The van der Waals surface area contributed by atoms with E-state index in [2.05, 4.69) is 42.3 Å². The normalized spacial score (nSPS) is 19.9. The summed E-state index contributed by atoms with van der Waals surface area (Å²) in [7, 11) is 0. The molecule has 3 rings (SSSR count). The van der Waals surface area contributed by atoms with E-state index < -0.39 is 0 Å². The summed E-state index contributed by atoms with van der Waals surface area (Å²) < 4.78 is 5.56. The van der Waals surface area contributed by atoms with E-state index >= 15 is 0 Å². The molecule has 0 bridgehead atoms. The molecule has 3 heteroatoms. The Labute approximate surface area is 122 Å². The summed E-state index contributed by atoms with van der Waals surface area (Å²) in [5.41, 5.74) is 2.61. The van der Waals surface area contributed by atoms with Crippen molar-refractivity contribution >= 4 is 5.69 Å². The second kappa shape index (κ2) is 6.04. The number of nitrogens with one attached hydrogen (secondary N) is 1. The predicted octanol–water partition coefficient (Wildman–Crippen LogP) is 3.15. The SMILES string of the molecule is CC(C)CN1CCC(Nc2ccc3c(c2)CCO3)CC1. The second-order valence-corrected chi connectivity index (χ2v) is 6.53. The van der Waals surface area contributed by atoms with Crippen molar-refractivity contribution in [2.75, 3.05) is 31.6 Å². The van der Waals surface area contributed by atoms with E-state index in [0.29, 0.717) is 6.04 Å². The van der Waals surface area contributed by atoms with Crippen molar-refractivity contribution in [1.29, 1.82) is 0 Å². The molecule has 1 aromatic carbocycles. The summed E-state index contributed by atoms with van der Waals surface area (Å²) in [5.74, 6) is 1.85. The first-order chi connectivity index (χ1) is 9.70. The van der Waals surface area contributed by atoms with Crippen LogP contribution in [0.25, 0.3) is 0 Å². The lowest BCUT2D eigenvalue weighted by molar-refractivity contribution is 0.198. The van der Waals surface area contributed by atoms with Crippen LogP contribution in [0.15, 0.2) is 18.2 Å². The van der Waals surface area contributed by atoms with Crippen molar-refractivity contribution < 1.29 is 4.74 Å².